The second-order valence-corrected chi connectivity index (χ2v) is 6.31. The van der Waals surface area contributed by atoms with E-state index in [4.69, 9.17) is 4.74 Å². The fourth-order valence-electron chi connectivity index (χ4n) is 3.01. The highest BCUT2D eigenvalue weighted by molar-refractivity contribution is 5.81. The van der Waals surface area contributed by atoms with E-state index in [1.54, 1.807) is 20.8 Å². The molecule has 1 amide bonds. The Hall–Kier alpha value is -1.26. The molecular weight excluding hydrogens is 234 g/mol. The van der Waals surface area contributed by atoms with E-state index in [1.807, 2.05) is 0 Å². The molecule has 1 saturated carbocycles. The number of aliphatic carboxylic acids is 1. The molecule has 3 atom stereocenters. The molecule has 0 aromatic carbocycles. The van der Waals surface area contributed by atoms with Gasteiger partial charge in [-0.15, -0.1) is 0 Å². The zero-order valence-electron chi connectivity index (χ0n) is 11.2. The van der Waals surface area contributed by atoms with Crippen LogP contribution in [0, 0.1) is 5.92 Å². The highest BCUT2D eigenvalue weighted by atomic mass is 16.6. The monoisotopic (exact) mass is 255 g/mol. The van der Waals surface area contributed by atoms with Crippen LogP contribution in [0.2, 0.25) is 0 Å². The molecule has 1 heterocycles. The first-order valence-electron chi connectivity index (χ1n) is 6.52. The Bertz CT molecular complexity index is 360. The summed E-state index contributed by atoms with van der Waals surface area (Å²) in [7, 11) is 0. The van der Waals surface area contributed by atoms with Crippen LogP contribution in [0.4, 0.5) is 4.79 Å². The minimum atomic E-state index is -0.919. The third-order valence-corrected chi connectivity index (χ3v) is 3.69. The molecule has 2 fully saturated rings. The number of carboxylic acid groups (broad SMARTS) is 1. The molecule has 5 nitrogen and oxygen atoms in total. The van der Waals surface area contributed by atoms with Crippen molar-refractivity contribution < 1.29 is 19.4 Å². The molecule has 1 saturated heterocycles. The molecule has 0 aromatic heterocycles. The summed E-state index contributed by atoms with van der Waals surface area (Å²) >= 11 is 0. The molecule has 1 unspecified atom stereocenters. The van der Waals surface area contributed by atoms with Crippen molar-refractivity contribution in [1.29, 1.82) is 0 Å². The number of piperidine rings is 1. The van der Waals surface area contributed by atoms with Gasteiger partial charge >= 0.3 is 12.1 Å². The lowest BCUT2D eigenvalue weighted by Crippen LogP contribution is -2.54. The van der Waals surface area contributed by atoms with Gasteiger partial charge in [0.1, 0.15) is 11.6 Å². The molecule has 0 spiro atoms. The Morgan fingerprint density at radius 3 is 2.44 bits per heavy atom. The summed E-state index contributed by atoms with van der Waals surface area (Å²) in [5.41, 5.74) is -0.588. The van der Waals surface area contributed by atoms with E-state index in [0.29, 0.717) is 12.3 Å². The first-order valence-corrected chi connectivity index (χ1v) is 6.52. The van der Waals surface area contributed by atoms with Gasteiger partial charge in [0.25, 0.3) is 0 Å². The van der Waals surface area contributed by atoms with Gasteiger partial charge in [-0.25, -0.2) is 9.59 Å². The lowest BCUT2D eigenvalue weighted by Gasteiger charge is -2.39. The molecule has 1 aliphatic carbocycles. The average molecular weight is 255 g/mol. The van der Waals surface area contributed by atoms with Gasteiger partial charge in [0, 0.05) is 6.04 Å². The summed E-state index contributed by atoms with van der Waals surface area (Å²) in [5.74, 6) is -0.466. The number of carbonyl (C=O) groups is 2. The van der Waals surface area contributed by atoms with E-state index >= 15 is 0 Å². The fourth-order valence-corrected chi connectivity index (χ4v) is 3.01. The average Bonchev–Trinajstić information content (AvgIpc) is 2.56. The summed E-state index contributed by atoms with van der Waals surface area (Å²) in [6.45, 7) is 5.38. The maximum atomic E-state index is 12.2. The van der Waals surface area contributed by atoms with Crippen molar-refractivity contribution in [2.45, 2.75) is 64.1 Å². The number of nitrogens with zero attached hydrogens (tertiary/aromatic N) is 1. The molecule has 18 heavy (non-hydrogen) atoms. The first kappa shape index (κ1) is 13.2. The summed E-state index contributed by atoms with van der Waals surface area (Å²) in [5, 5.41) is 9.27. The first-order chi connectivity index (χ1) is 8.28. The van der Waals surface area contributed by atoms with Gasteiger partial charge in [-0.3, -0.25) is 4.90 Å². The van der Waals surface area contributed by atoms with Gasteiger partial charge in [-0.2, -0.15) is 0 Å². The van der Waals surface area contributed by atoms with Crippen LogP contribution in [-0.2, 0) is 9.53 Å². The van der Waals surface area contributed by atoms with Crippen molar-refractivity contribution in [1.82, 2.24) is 4.90 Å². The second-order valence-electron chi connectivity index (χ2n) is 6.31. The highest BCUT2D eigenvalue weighted by Gasteiger charge is 2.46. The molecule has 2 bridgehead atoms. The Morgan fingerprint density at radius 2 is 1.89 bits per heavy atom. The standard InChI is InChI=1S/C13H21NO4/c1-13(2,3)18-12(17)14-9-5-4-8(6-9)7-10(14)11(15)16/h8-10H,4-7H2,1-3H3,(H,15,16)/t8-,9+,10?/m0/s1. The van der Waals surface area contributed by atoms with Gasteiger partial charge in [-0.1, -0.05) is 0 Å². The third kappa shape index (κ3) is 2.60. The molecule has 2 aliphatic rings. The smallest absolute Gasteiger partial charge is 0.411 e. The Labute approximate surface area is 107 Å². The summed E-state index contributed by atoms with van der Waals surface area (Å²) in [6, 6.07) is -0.675. The van der Waals surface area contributed by atoms with E-state index in [2.05, 4.69) is 0 Å². The zero-order chi connectivity index (χ0) is 13.5. The largest absolute Gasteiger partial charge is 0.480 e. The number of hydrogen-bond acceptors (Lipinski definition) is 3. The van der Waals surface area contributed by atoms with Crippen molar-refractivity contribution in [2.24, 2.45) is 5.92 Å². The minimum absolute atomic E-state index is 0.0414. The van der Waals surface area contributed by atoms with Crippen molar-refractivity contribution >= 4 is 12.1 Å². The summed E-state index contributed by atoms with van der Waals surface area (Å²) in [6.07, 6.45) is 2.91. The molecule has 102 valence electrons. The number of rotatable bonds is 1. The third-order valence-electron chi connectivity index (χ3n) is 3.69. The minimum Gasteiger partial charge on any atom is -0.480 e. The predicted molar refractivity (Wildman–Crippen MR) is 65.2 cm³/mol. The normalized spacial score (nSPS) is 31.3. The molecular formula is C13H21NO4. The zero-order valence-corrected chi connectivity index (χ0v) is 11.2. The number of amides is 1. The Kier molecular flexibility index (Phi) is 3.25. The SMILES string of the molecule is CC(C)(C)OC(=O)N1C(C(=O)O)C[C@H]2CC[C@@H]1C2. The lowest BCUT2D eigenvalue weighted by molar-refractivity contribution is -0.145. The highest BCUT2D eigenvalue weighted by Crippen LogP contribution is 2.40. The number of fused-ring (bicyclic) bond motifs is 2. The van der Waals surface area contributed by atoms with Crippen LogP contribution in [-0.4, -0.2) is 39.8 Å². The predicted octanol–water partition coefficient (Wildman–Crippen LogP) is 2.25. The van der Waals surface area contributed by atoms with Crippen LogP contribution in [0.25, 0.3) is 0 Å². The van der Waals surface area contributed by atoms with Crippen molar-refractivity contribution in [3.05, 3.63) is 0 Å². The molecule has 1 aliphatic heterocycles. The second kappa shape index (κ2) is 4.44. The van der Waals surface area contributed by atoms with E-state index in [0.717, 1.165) is 19.3 Å². The Balaban J connectivity index is 2.16. The van der Waals surface area contributed by atoms with Gasteiger partial charge in [0.05, 0.1) is 0 Å². The molecule has 0 radical (unpaired) electrons. The van der Waals surface area contributed by atoms with Crippen LogP contribution in [0.3, 0.4) is 0 Å². The molecule has 2 rings (SSSR count). The van der Waals surface area contributed by atoms with Crippen molar-refractivity contribution in [3.8, 4) is 0 Å². The van der Waals surface area contributed by atoms with Gasteiger partial charge < -0.3 is 9.84 Å². The van der Waals surface area contributed by atoms with Crippen LogP contribution >= 0.6 is 0 Å². The van der Waals surface area contributed by atoms with E-state index in [1.165, 1.54) is 4.90 Å². The topological polar surface area (TPSA) is 66.8 Å². The number of likely N-dealkylation sites (tertiary alicyclic amines) is 1. The van der Waals surface area contributed by atoms with Crippen molar-refractivity contribution in [2.75, 3.05) is 0 Å². The lowest BCUT2D eigenvalue weighted by atomic mass is 9.93. The van der Waals surface area contributed by atoms with Crippen LogP contribution < -0.4 is 0 Å². The van der Waals surface area contributed by atoms with E-state index in [9.17, 15) is 14.7 Å². The molecule has 0 aromatic rings. The van der Waals surface area contributed by atoms with E-state index < -0.39 is 23.7 Å². The Morgan fingerprint density at radius 1 is 1.22 bits per heavy atom. The number of carboxylic acids is 1. The fraction of sp³-hybridized carbons (Fsp3) is 0.846. The number of ether oxygens (including phenoxy) is 1. The van der Waals surface area contributed by atoms with E-state index in [-0.39, 0.29) is 6.04 Å². The quantitative estimate of drug-likeness (QED) is 0.780. The summed E-state index contributed by atoms with van der Waals surface area (Å²) in [4.78, 5) is 24.9. The molecule has 1 N–H and O–H groups in total. The van der Waals surface area contributed by atoms with Gasteiger partial charge in [0.15, 0.2) is 0 Å². The maximum absolute atomic E-state index is 12.2. The summed E-state index contributed by atoms with van der Waals surface area (Å²) < 4.78 is 5.33. The van der Waals surface area contributed by atoms with Crippen LogP contribution in [0.1, 0.15) is 46.5 Å². The van der Waals surface area contributed by atoms with Gasteiger partial charge in [0.2, 0.25) is 0 Å². The van der Waals surface area contributed by atoms with Gasteiger partial charge in [-0.05, 0) is 52.4 Å². The maximum Gasteiger partial charge on any atom is 0.411 e. The number of carbonyl (C=O) groups excluding carboxylic acids is 1. The van der Waals surface area contributed by atoms with Crippen LogP contribution in [0.5, 0.6) is 0 Å². The van der Waals surface area contributed by atoms with Crippen molar-refractivity contribution in [3.63, 3.8) is 0 Å². The van der Waals surface area contributed by atoms with Crippen LogP contribution in [0.15, 0.2) is 0 Å². The molecule has 5 heteroatoms. The number of hydrogen-bond donors (Lipinski definition) is 1.